The molecule has 0 amide bonds. The van der Waals surface area contributed by atoms with Crippen LogP contribution in [0.3, 0.4) is 0 Å². The molecule has 0 saturated heterocycles. The molecule has 22 heavy (non-hydrogen) atoms. The predicted octanol–water partition coefficient (Wildman–Crippen LogP) is 3.89. The Morgan fingerprint density at radius 3 is 2.05 bits per heavy atom. The van der Waals surface area contributed by atoms with Crippen molar-refractivity contribution < 1.29 is 19.0 Å². The van der Waals surface area contributed by atoms with Gasteiger partial charge in [0.2, 0.25) is 0 Å². The maximum Gasteiger partial charge on any atom is 0.306 e. The fourth-order valence-corrected chi connectivity index (χ4v) is 2.29. The van der Waals surface area contributed by atoms with Gasteiger partial charge in [-0.1, -0.05) is 20.8 Å². The average molecular weight is 308 g/mol. The van der Waals surface area contributed by atoms with Crippen molar-refractivity contribution in [3.05, 3.63) is 23.3 Å². The van der Waals surface area contributed by atoms with E-state index in [-0.39, 0.29) is 11.4 Å². The number of hydrogen-bond donors (Lipinski definition) is 0. The molecule has 0 aliphatic heterocycles. The average Bonchev–Trinajstić information content (AvgIpc) is 2.52. The highest BCUT2D eigenvalue weighted by Crippen LogP contribution is 2.37. The van der Waals surface area contributed by atoms with Gasteiger partial charge in [0.25, 0.3) is 0 Å². The van der Waals surface area contributed by atoms with E-state index in [1.807, 2.05) is 12.1 Å². The quantitative estimate of drug-likeness (QED) is 0.684. The maximum atomic E-state index is 11.6. The van der Waals surface area contributed by atoms with Gasteiger partial charge in [-0.2, -0.15) is 0 Å². The third kappa shape index (κ3) is 4.39. The Balaban J connectivity index is 3.13. The fourth-order valence-electron chi connectivity index (χ4n) is 2.29. The van der Waals surface area contributed by atoms with Crippen molar-refractivity contribution in [2.24, 2.45) is 0 Å². The lowest BCUT2D eigenvalue weighted by Gasteiger charge is -2.26. The number of benzene rings is 1. The van der Waals surface area contributed by atoms with Gasteiger partial charge in [0.05, 0.1) is 20.8 Å². The molecule has 0 heterocycles. The van der Waals surface area contributed by atoms with Gasteiger partial charge in [0, 0.05) is 12.0 Å². The van der Waals surface area contributed by atoms with Crippen molar-refractivity contribution in [1.82, 2.24) is 0 Å². The van der Waals surface area contributed by atoms with E-state index in [1.54, 1.807) is 21.1 Å². The summed E-state index contributed by atoms with van der Waals surface area (Å²) in [7, 11) is 3.29. The van der Waals surface area contributed by atoms with Gasteiger partial charge in [-0.05, 0) is 42.9 Å². The molecule has 1 aromatic carbocycles. The van der Waals surface area contributed by atoms with Gasteiger partial charge in [-0.3, -0.25) is 4.79 Å². The van der Waals surface area contributed by atoms with Crippen LogP contribution in [0.4, 0.5) is 0 Å². The molecular weight excluding hydrogens is 280 g/mol. The highest BCUT2D eigenvalue weighted by Gasteiger charge is 2.23. The molecule has 4 heteroatoms. The fraction of sp³-hybridized carbons (Fsp3) is 0.611. The SMILES string of the molecule is CCOC(=O)CCc1c(OC)cc(C(C)(C)CC)cc1OC. The van der Waals surface area contributed by atoms with Crippen LogP contribution in [0.5, 0.6) is 11.5 Å². The Kier molecular flexibility index (Phi) is 6.72. The molecule has 4 nitrogen and oxygen atoms in total. The molecule has 0 aliphatic carbocycles. The Labute approximate surface area is 133 Å². The summed E-state index contributed by atoms with van der Waals surface area (Å²) in [6.45, 7) is 8.75. The predicted molar refractivity (Wildman–Crippen MR) is 87.8 cm³/mol. The molecule has 0 fully saturated rings. The van der Waals surface area contributed by atoms with Crippen LogP contribution in [0, 0.1) is 0 Å². The minimum absolute atomic E-state index is 0.0419. The standard InChI is InChI=1S/C18H28O4/c1-7-18(3,4)13-11-15(20-5)14(16(12-13)21-6)9-10-17(19)22-8-2/h11-12H,7-10H2,1-6H3. The second-order valence-electron chi connectivity index (χ2n) is 5.90. The van der Waals surface area contributed by atoms with Crippen molar-refractivity contribution in [2.75, 3.05) is 20.8 Å². The first kappa shape index (κ1) is 18.3. The van der Waals surface area contributed by atoms with Crippen molar-refractivity contribution in [3.8, 4) is 11.5 Å². The maximum absolute atomic E-state index is 11.6. The number of rotatable bonds is 8. The number of methoxy groups -OCH3 is 2. The van der Waals surface area contributed by atoms with Crippen molar-refractivity contribution in [2.45, 2.75) is 52.4 Å². The number of carbonyl (C=O) groups excluding carboxylic acids is 1. The van der Waals surface area contributed by atoms with Gasteiger partial charge in [-0.15, -0.1) is 0 Å². The smallest absolute Gasteiger partial charge is 0.306 e. The van der Waals surface area contributed by atoms with E-state index >= 15 is 0 Å². The van der Waals surface area contributed by atoms with Crippen molar-refractivity contribution in [1.29, 1.82) is 0 Å². The molecule has 124 valence electrons. The van der Waals surface area contributed by atoms with Crippen LogP contribution in [0.1, 0.15) is 51.7 Å². The molecule has 1 rings (SSSR count). The molecule has 1 aromatic rings. The zero-order valence-corrected chi connectivity index (χ0v) is 14.6. The molecular formula is C18H28O4. The Bertz CT molecular complexity index is 481. The summed E-state index contributed by atoms with van der Waals surface area (Å²) in [5.74, 6) is 1.32. The van der Waals surface area contributed by atoms with Crippen LogP contribution in [0.25, 0.3) is 0 Å². The van der Waals surface area contributed by atoms with E-state index in [1.165, 1.54) is 5.56 Å². The minimum Gasteiger partial charge on any atom is -0.496 e. The molecule has 0 spiro atoms. The largest absolute Gasteiger partial charge is 0.496 e. The van der Waals surface area contributed by atoms with E-state index in [9.17, 15) is 4.79 Å². The van der Waals surface area contributed by atoms with Gasteiger partial charge < -0.3 is 14.2 Å². The highest BCUT2D eigenvalue weighted by molar-refractivity contribution is 5.70. The summed E-state index contributed by atoms with van der Waals surface area (Å²) in [6, 6.07) is 4.10. The summed E-state index contributed by atoms with van der Waals surface area (Å²) < 4.78 is 16.0. The number of carbonyl (C=O) groups is 1. The zero-order valence-electron chi connectivity index (χ0n) is 14.6. The van der Waals surface area contributed by atoms with Gasteiger partial charge in [0.1, 0.15) is 11.5 Å². The van der Waals surface area contributed by atoms with Crippen LogP contribution in [0.15, 0.2) is 12.1 Å². The van der Waals surface area contributed by atoms with Crippen LogP contribution >= 0.6 is 0 Å². The van der Waals surface area contributed by atoms with Gasteiger partial charge in [0.15, 0.2) is 0 Å². The van der Waals surface area contributed by atoms with E-state index in [0.717, 1.165) is 23.5 Å². The van der Waals surface area contributed by atoms with Crippen LogP contribution in [-0.2, 0) is 21.4 Å². The molecule has 0 unspecified atom stereocenters. The first-order valence-electron chi connectivity index (χ1n) is 7.80. The first-order valence-corrected chi connectivity index (χ1v) is 7.80. The van der Waals surface area contributed by atoms with Crippen LogP contribution < -0.4 is 9.47 Å². The monoisotopic (exact) mass is 308 g/mol. The number of ether oxygens (including phenoxy) is 3. The summed E-state index contributed by atoms with van der Waals surface area (Å²) in [5.41, 5.74) is 2.12. The molecule has 0 atom stereocenters. The second-order valence-corrected chi connectivity index (χ2v) is 5.90. The molecule has 0 bridgehead atoms. The second kappa shape index (κ2) is 8.06. The molecule has 0 radical (unpaired) electrons. The van der Waals surface area contributed by atoms with E-state index in [0.29, 0.717) is 19.4 Å². The normalized spacial score (nSPS) is 11.2. The Hall–Kier alpha value is -1.71. The lowest BCUT2D eigenvalue weighted by Crippen LogP contribution is -2.16. The third-order valence-electron chi connectivity index (χ3n) is 4.16. The summed E-state index contributed by atoms with van der Waals surface area (Å²) in [5, 5.41) is 0. The highest BCUT2D eigenvalue weighted by atomic mass is 16.5. The van der Waals surface area contributed by atoms with Gasteiger partial charge in [-0.25, -0.2) is 0 Å². The zero-order chi connectivity index (χ0) is 16.8. The number of esters is 1. The molecule has 0 aromatic heterocycles. The number of hydrogen-bond acceptors (Lipinski definition) is 4. The molecule has 0 aliphatic rings. The van der Waals surface area contributed by atoms with E-state index < -0.39 is 0 Å². The van der Waals surface area contributed by atoms with Crippen LogP contribution in [-0.4, -0.2) is 26.8 Å². The Morgan fingerprint density at radius 1 is 1.09 bits per heavy atom. The van der Waals surface area contributed by atoms with E-state index in [4.69, 9.17) is 14.2 Å². The molecule has 0 N–H and O–H groups in total. The lowest BCUT2D eigenvalue weighted by atomic mass is 9.81. The summed E-state index contributed by atoms with van der Waals surface area (Å²) >= 11 is 0. The summed E-state index contributed by atoms with van der Waals surface area (Å²) in [4.78, 5) is 11.6. The molecule has 0 saturated carbocycles. The minimum atomic E-state index is -0.204. The lowest BCUT2D eigenvalue weighted by molar-refractivity contribution is -0.143. The summed E-state index contributed by atoms with van der Waals surface area (Å²) in [6.07, 6.45) is 1.87. The van der Waals surface area contributed by atoms with Gasteiger partial charge >= 0.3 is 5.97 Å². The third-order valence-corrected chi connectivity index (χ3v) is 4.16. The van der Waals surface area contributed by atoms with Crippen LogP contribution in [0.2, 0.25) is 0 Å². The van der Waals surface area contributed by atoms with E-state index in [2.05, 4.69) is 20.8 Å². The topological polar surface area (TPSA) is 44.8 Å². The van der Waals surface area contributed by atoms with Crippen molar-refractivity contribution >= 4 is 5.97 Å². The Morgan fingerprint density at radius 2 is 1.64 bits per heavy atom. The first-order chi connectivity index (χ1) is 10.4. The van der Waals surface area contributed by atoms with Crippen molar-refractivity contribution in [3.63, 3.8) is 0 Å².